The van der Waals surface area contributed by atoms with E-state index >= 15 is 0 Å². The van der Waals surface area contributed by atoms with Crippen molar-refractivity contribution >= 4 is 29.4 Å². The predicted octanol–water partition coefficient (Wildman–Crippen LogP) is 3.37. The maximum absolute atomic E-state index is 12.6. The van der Waals surface area contributed by atoms with Crippen molar-refractivity contribution in [1.82, 2.24) is 10.3 Å². The van der Waals surface area contributed by atoms with E-state index in [0.717, 1.165) is 51.1 Å². The number of nitrogens with zero attached hydrogens (tertiary/aromatic N) is 4. The van der Waals surface area contributed by atoms with Gasteiger partial charge < -0.3 is 14.7 Å². The number of anilines is 1. The van der Waals surface area contributed by atoms with E-state index < -0.39 is 0 Å². The Morgan fingerprint density at radius 1 is 1.26 bits per heavy atom. The number of carbonyl (C=O) groups is 1. The number of amides is 1. The van der Waals surface area contributed by atoms with E-state index in [1.807, 2.05) is 25.1 Å². The molecular formula is C24H35N5OS+2. The number of rotatable bonds is 7. The van der Waals surface area contributed by atoms with Gasteiger partial charge in [0.1, 0.15) is 5.69 Å². The van der Waals surface area contributed by atoms with E-state index in [-0.39, 0.29) is 5.91 Å². The maximum atomic E-state index is 12.6. The van der Waals surface area contributed by atoms with E-state index in [0.29, 0.717) is 12.1 Å². The molecule has 2 heterocycles. The zero-order chi connectivity index (χ0) is 22.8. The number of hydrogen-bond donors (Lipinski definition) is 1. The van der Waals surface area contributed by atoms with Gasteiger partial charge in [-0.3, -0.25) is 4.79 Å². The first-order valence-electron chi connectivity index (χ1n) is 10.8. The molecular weight excluding hydrogens is 406 g/mol. The van der Waals surface area contributed by atoms with E-state index in [2.05, 4.69) is 69.0 Å². The van der Waals surface area contributed by atoms with Gasteiger partial charge in [0.05, 0.1) is 44.9 Å². The lowest BCUT2D eigenvalue weighted by Gasteiger charge is -2.23. The average Bonchev–Trinajstić information content (AvgIpc) is 2.99. The van der Waals surface area contributed by atoms with Crippen LogP contribution in [0.4, 0.5) is 5.69 Å². The Balaban J connectivity index is 1.72. The summed E-state index contributed by atoms with van der Waals surface area (Å²) in [4.78, 5) is 20.6. The molecule has 2 aromatic rings. The number of thioether (sulfide) groups is 1. The van der Waals surface area contributed by atoms with Gasteiger partial charge in [0.2, 0.25) is 0 Å². The molecule has 1 aliphatic heterocycles. The number of nitrogens with one attached hydrogen (secondary N) is 1. The molecule has 7 heteroatoms. The van der Waals surface area contributed by atoms with E-state index in [4.69, 9.17) is 4.98 Å². The number of quaternary nitrogens is 1. The Morgan fingerprint density at radius 3 is 2.65 bits per heavy atom. The molecule has 0 spiro atoms. The molecule has 0 bridgehead atoms. The van der Waals surface area contributed by atoms with Gasteiger partial charge in [-0.1, -0.05) is 11.8 Å². The lowest BCUT2D eigenvalue weighted by molar-refractivity contribution is -0.870. The monoisotopic (exact) mass is 441 g/mol. The fourth-order valence-electron chi connectivity index (χ4n) is 3.80. The zero-order valence-electron chi connectivity index (χ0n) is 19.8. The fraction of sp³-hybridized carbons (Fsp3) is 0.458. The third-order valence-corrected chi connectivity index (χ3v) is 6.62. The van der Waals surface area contributed by atoms with Crippen LogP contribution in [0.3, 0.4) is 0 Å². The molecule has 1 N–H and O–H groups in total. The van der Waals surface area contributed by atoms with Crippen molar-refractivity contribution in [3.05, 3.63) is 52.1 Å². The van der Waals surface area contributed by atoms with E-state index in [1.54, 1.807) is 11.8 Å². The highest BCUT2D eigenvalue weighted by Crippen LogP contribution is 2.45. The predicted molar refractivity (Wildman–Crippen MR) is 128 cm³/mol. The molecule has 3 rings (SSSR count). The SMILES string of the molecule is CC[n+]1c(C)cc(/C=C2\Sc3cc(C(=O)NCCC[N+](C)(C)C)ccc3N2C)nc1C. The second kappa shape index (κ2) is 9.40. The number of aryl methyl sites for hydroxylation is 2. The molecule has 166 valence electrons. The van der Waals surface area contributed by atoms with Crippen LogP contribution in [0.15, 0.2) is 34.2 Å². The zero-order valence-corrected chi connectivity index (χ0v) is 20.6. The number of hydrogen-bond acceptors (Lipinski definition) is 4. The first kappa shape index (κ1) is 23.3. The van der Waals surface area contributed by atoms with Crippen LogP contribution in [0.5, 0.6) is 0 Å². The second-order valence-corrected chi connectivity index (χ2v) is 10.1. The van der Waals surface area contributed by atoms with Crippen LogP contribution in [0.25, 0.3) is 6.08 Å². The number of carbonyl (C=O) groups excluding carboxylic acids is 1. The van der Waals surface area contributed by atoms with E-state index in [9.17, 15) is 4.79 Å². The highest BCUT2D eigenvalue weighted by molar-refractivity contribution is 8.03. The highest BCUT2D eigenvalue weighted by Gasteiger charge is 2.24. The Kier molecular flexibility index (Phi) is 7.06. The molecule has 6 nitrogen and oxygen atoms in total. The van der Waals surface area contributed by atoms with Crippen LogP contribution in [0.1, 0.15) is 40.9 Å². The number of aromatic nitrogens is 2. The van der Waals surface area contributed by atoms with Crippen molar-refractivity contribution in [2.24, 2.45) is 0 Å². The highest BCUT2D eigenvalue weighted by atomic mass is 32.2. The molecule has 0 unspecified atom stereocenters. The standard InChI is InChI=1S/C24H34N5OS/c1-8-28-17(2)14-20(26-18(28)3)16-23-27(4)21-11-10-19(15-22(21)31-23)24(30)25-12-9-13-29(5,6)7/h10-11,14-16H,8-9,12-13H2,1-7H3/q+1/p+1. The minimum absolute atomic E-state index is 0.00927. The van der Waals surface area contributed by atoms with Crippen molar-refractivity contribution in [3.63, 3.8) is 0 Å². The first-order chi connectivity index (χ1) is 14.6. The van der Waals surface area contributed by atoms with Gasteiger partial charge in [0.15, 0.2) is 5.69 Å². The normalized spacial score (nSPS) is 14.8. The van der Waals surface area contributed by atoms with Gasteiger partial charge >= 0.3 is 0 Å². The first-order valence-corrected chi connectivity index (χ1v) is 11.6. The third-order valence-electron chi connectivity index (χ3n) is 5.47. The number of fused-ring (bicyclic) bond motifs is 1. The molecule has 0 saturated carbocycles. The molecule has 1 aromatic heterocycles. The summed E-state index contributed by atoms with van der Waals surface area (Å²) < 4.78 is 3.11. The smallest absolute Gasteiger partial charge is 0.296 e. The van der Waals surface area contributed by atoms with Gasteiger partial charge in [-0.25, -0.2) is 4.57 Å². The minimum Gasteiger partial charge on any atom is -0.352 e. The van der Waals surface area contributed by atoms with Crippen molar-refractivity contribution in [2.45, 2.75) is 38.6 Å². The van der Waals surface area contributed by atoms with Crippen LogP contribution in [0.2, 0.25) is 0 Å². The van der Waals surface area contributed by atoms with Gasteiger partial charge in [0, 0.05) is 49.5 Å². The summed E-state index contributed by atoms with van der Waals surface area (Å²) in [5, 5.41) is 4.16. The largest absolute Gasteiger partial charge is 0.352 e. The summed E-state index contributed by atoms with van der Waals surface area (Å²) in [5.41, 5.74) is 3.98. The second-order valence-electron chi connectivity index (χ2n) is 9.06. The van der Waals surface area contributed by atoms with Crippen molar-refractivity contribution < 1.29 is 13.8 Å². The van der Waals surface area contributed by atoms with Crippen LogP contribution in [-0.4, -0.2) is 56.7 Å². The lowest BCUT2D eigenvalue weighted by atomic mass is 10.2. The summed E-state index contributed by atoms with van der Waals surface area (Å²) >= 11 is 1.68. The minimum atomic E-state index is -0.00927. The third kappa shape index (κ3) is 5.66. The molecule has 0 atom stereocenters. The van der Waals surface area contributed by atoms with Gasteiger partial charge in [-0.2, -0.15) is 0 Å². The average molecular weight is 442 g/mol. The lowest BCUT2D eigenvalue weighted by Crippen LogP contribution is -2.40. The van der Waals surface area contributed by atoms with E-state index in [1.165, 1.54) is 5.69 Å². The topological polar surface area (TPSA) is 49.1 Å². The summed E-state index contributed by atoms with van der Waals surface area (Å²) in [5.74, 6) is 1.01. The molecule has 0 fully saturated rings. The van der Waals surface area contributed by atoms with Crippen molar-refractivity contribution in [2.75, 3.05) is 46.2 Å². The molecule has 0 radical (unpaired) electrons. The summed E-state index contributed by atoms with van der Waals surface area (Å²) in [7, 11) is 8.55. The Morgan fingerprint density at radius 2 is 2.00 bits per heavy atom. The van der Waals surface area contributed by atoms with Crippen molar-refractivity contribution in [1.29, 1.82) is 0 Å². The fourth-order valence-corrected chi connectivity index (χ4v) is 4.94. The quantitative estimate of drug-likeness (QED) is 0.407. The Labute approximate surface area is 190 Å². The molecule has 0 aliphatic carbocycles. The Hall–Kier alpha value is -2.38. The molecule has 0 saturated heterocycles. The van der Waals surface area contributed by atoms with Gasteiger partial charge in [-0.15, -0.1) is 0 Å². The molecule has 1 amide bonds. The summed E-state index contributed by atoms with van der Waals surface area (Å²) in [6.07, 6.45) is 3.08. The molecule has 1 aliphatic rings. The van der Waals surface area contributed by atoms with Gasteiger partial charge in [-0.05, 0) is 37.0 Å². The molecule has 1 aromatic carbocycles. The van der Waals surface area contributed by atoms with Crippen LogP contribution in [0, 0.1) is 13.8 Å². The van der Waals surface area contributed by atoms with Crippen LogP contribution in [-0.2, 0) is 6.54 Å². The van der Waals surface area contributed by atoms with Gasteiger partial charge in [0.25, 0.3) is 11.7 Å². The van der Waals surface area contributed by atoms with Crippen molar-refractivity contribution in [3.8, 4) is 0 Å². The summed E-state index contributed by atoms with van der Waals surface area (Å²) in [6, 6.07) is 8.06. The van der Waals surface area contributed by atoms with Crippen LogP contribution < -0.4 is 14.8 Å². The number of benzene rings is 1. The van der Waals surface area contributed by atoms with Crippen LogP contribution >= 0.6 is 11.8 Å². The molecule has 31 heavy (non-hydrogen) atoms. The summed E-state index contributed by atoms with van der Waals surface area (Å²) in [6.45, 7) is 8.94. The Bertz CT molecular complexity index is 987. The maximum Gasteiger partial charge on any atom is 0.296 e.